The predicted octanol–water partition coefficient (Wildman–Crippen LogP) is 4.90. The van der Waals surface area contributed by atoms with Crippen molar-refractivity contribution in [2.45, 2.75) is 6.92 Å². The smallest absolute Gasteiger partial charge is 0.407 e. The third kappa shape index (κ3) is 3.20. The number of hydrogen-bond donors (Lipinski definition) is 0. The summed E-state index contributed by atoms with van der Waals surface area (Å²) in [5.41, 5.74) is 2.02. The lowest BCUT2D eigenvalue weighted by Crippen LogP contribution is -1.99. The van der Waals surface area contributed by atoms with Crippen LogP contribution in [0, 0.1) is 22.9 Å². The lowest BCUT2D eigenvalue weighted by molar-refractivity contribution is -0.390. The number of ether oxygens (including phenoxy) is 1. The molecule has 27 heavy (non-hydrogen) atoms. The van der Waals surface area contributed by atoms with Crippen molar-refractivity contribution in [3.05, 3.63) is 69.7 Å². The zero-order valence-corrected chi connectivity index (χ0v) is 14.7. The van der Waals surface area contributed by atoms with Gasteiger partial charge < -0.3 is 14.9 Å². The number of nitrogens with zero attached hydrogens (tertiary/aromatic N) is 4. The van der Waals surface area contributed by atoms with E-state index in [4.69, 9.17) is 4.74 Å². The molecule has 0 spiro atoms. The van der Waals surface area contributed by atoms with Gasteiger partial charge in [0.2, 0.25) is 11.6 Å². The molecule has 134 valence electrons. The van der Waals surface area contributed by atoms with Gasteiger partial charge in [0.05, 0.1) is 5.39 Å². The SMILES string of the molecule is Cc1ccc(Oc2ncnc3scc(-c4ccc(F)cc4)c23)c([N+](=O)[O-])n1. The van der Waals surface area contributed by atoms with E-state index in [1.165, 1.54) is 35.9 Å². The molecule has 0 saturated carbocycles. The fourth-order valence-electron chi connectivity index (χ4n) is 2.61. The predicted molar refractivity (Wildman–Crippen MR) is 98.5 cm³/mol. The number of thiophene rings is 1. The Morgan fingerprint density at radius 2 is 1.93 bits per heavy atom. The minimum atomic E-state index is -0.602. The normalized spacial score (nSPS) is 10.9. The van der Waals surface area contributed by atoms with Crippen LogP contribution in [0.15, 0.2) is 48.1 Å². The van der Waals surface area contributed by atoms with E-state index in [1.807, 2.05) is 5.38 Å². The van der Waals surface area contributed by atoms with Crippen molar-refractivity contribution in [1.82, 2.24) is 15.0 Å². The van der Waals surface area contributed by atoms with Crippen molar-refractivity contribution in [2.75, 3.05) is 0 Å². The van der Waals surface area contributed by atoms with Crippen molar-refractivity contribution >= 4 is 27.4 Å². The molecule has 0 unspecified atom stereocenters. The summed E-state index contributed by atoms with van der Waals surface area (Å²) in [5.74, 6) is -0.566. The summed E-state index contributed by atoms with van der Waals surface area (Å²) in [6.07, 6.45) is 1.33. The zero-order chi connectivity index (χ0) is 19.0. The lowest BCUT2D eigenvalue weighted by Gasteiger charge is -2.08. The van der Waals surface area contributed by atoms with Gasteiger partial charge in [-0.25, -0.2) is 14.4 Å². The molecule has 9 heteroatoms. The van der Waals surface area contributed by atoms with Gasteiger partial charge in [-0.3, -0.25) is 0 Å². The van der Waals surface area contributed by atoms with Gasteiger partial charge in [-0.05, 0) is 39.7 Å². The van der Waals surface area contributed by atoms with Crippen molar-refractivity contribution in [1.29, 1.82) is 0 Å². The van der Waals surface area contributed by atoms with Gasteiger partial charge in [0.15, 0.2) is 0 Å². The van der Waals surface area contributed by atoms with Crippen LogP contribution in [-0.2, 0) is 0 Å². The maximum absolute atomic E-state index is 13.2. The van der Waals surface area contributed by atoms with E-state index in [0.29, 0.717) is 15.9 Å². The van der Waals surface area contributed by atoms with Crippen molar-refractivity contribution in [2.24, 2.45) is 0 Å². The van der Waals surface area contributed by atoms with E-state index in [1.54, 1.807) is 25.1 Å². The molecule has 3 heterocycles. The quantitative estimate of drug-likeness (QED) is 0.368. The molecular weight excluding hydrogens is 371 g/mol. The summed E-state index contributed by atoms with van der Waals surface area (Å²) in [6, 6.07) is 9.11. The molecule has 7 nitrogen and oxygen atoms in total. The topological polar surface area (TPSA) is 91.0 Å². The van der Waals surface area contributed by atoms with Gasteiger partial charge in [0, 0.05) is 17.9 Å². The van der Waals surface area contributed by atoms with Gasteiger partial charge in [-0.15, -0.1) is 11.3 Å². The highest BCUT2D eigenvalue weighted by Crippen LogP contribution is 2.40. The molecule has 0 atom stereocenters. The van der Waals surface area contributed by atoms with Crippen LogP contribution < -0.4 is 4.74 Å². The molecule has 4 aromatic rings. The Balaban J connectivity index is 1.85. The monoisotopic (exact) mass is 382 g/mol. The summed E-state index contributed by atoms with van der Waals surface area (Å²) in [4.78, 5) is 23.6. The van der Waals surface area contributed by atoms with Crippen LogP contribution >= 0.6 is 11.3 Å². The maximum atomic E-state index is 13.2. The van der Waals surface area contributed by atoms with Crippen LogP contribution in [0.2, 0.25) is 0 Å². The van der Waals surface area contributed by atoms with Crippen LogP contribution in [-0.4, -0.2) is 19.9 Å². The molecule has 0 bridgehead atoms. The molecule has 4 rings (SSSR count). The average molecular weight is 382 g/mol. The number of rotatable bonds is 4. The summed E-state index contributed by atoms with van der Waals surface area (Å²) in [5, 5.41) is 13.8. The van der Waals surface area contributed by atoms with Crippen molar-refractivity contribution < 1.29 is 14.1 Å². The number of pyridine rings is 1. The van der Waals surface area contributed by atoms with E-state index in [9.17, 15) is 14.5 Å². The van der Waals surface area contributed by atoms with E-state index >= 15 is 0 Å². The standard InChI is InChI=1S/C18H11FN4O3S/c1-10-2-7-14(16(22-10)23(24)25)26-17-15-13(8-27-18(15)21-9-20-17)11-3-5-12(19)6-4-11/h2-9H,1H3. The molecular formula is C18H11FN4O3S. The summed E-state index contributed by atoms with van der Waals surface area (Å²) < 4.78 is 19.0. The summed E-state index contributed by atoms with van der Waals surface area (Å²) >= 11 is 1.38. The van der Waals surface area contributed by atoms with Gasteiger partial charge in [-0.2, -0.15) is 0 Å². The number of aromatic nitrogens is 3. The first-order valence-corrected chi connectivity index (χ1v) is 8.69. The Morgan fingerprint density at radius 3 is 2.67 bits per heavy atom. The van der Waals surface area contributed by atoms with Crippen molar-refractivity contribution in [3.8, 4) is 22.8 Å². The second kappa shape index (κ2) is 6.69. The maximum Gasteiger partial charge on any atom is 0.407 e. The first-order valence-electron chi connectivity index (χ1n) is 7.81. The third-order valence-electron chi connectivity index (χ3n) is 3.85. The fraction of sp³-hybridized carbons (Fsp3) is 0.0556. The van der Waals surface area contributed by atoms with Gasteiger partial charge >= 0.3 is 5.82 Å². The minimum absolute atomic E-state index is 0.0122. The Labute approximate surface area is 156 Å². The number of fused-ring (bicyclic) bond motifs is 1. The van der Waals surface area contributed by atoms with E-state index < -0.39 is 4.92 Å². The van der Waals surface area contributed by atoms with Crippen LogP contribution in [0.3, 0.4) is 0 Å². The minimum Gasteiger partial charge on any atom is -0.429 e. The average Bonchev–Trinajstić information content (AvgIpc) is 3.09. The van der Waals surface area contributed by atoms with Crippen LogP contribution in [0.25, 0.3) is 21.3 Å². The number of hydrogen-bond acceptors (Lipinski definition) is 7. The van der Waals surface area contributed by atoms with E-state index in [-0.39, 0.29) is 23.3 Å². The Morgan fingerprint density at radius 1 is 1.15 bits per heavy atom. The first kappa shape index (κ1) is 17.0. The highest BCUT2D eigenvalue weighted by molar-refractivity contribution is 7.17. The summed E-state index contributed by atoms with van der Waals surface area (Å²) in [6.45, 7) is 1.66. The number of nitro groups is 1. The molecule has 1 aromatic carbocycles. The highest BCUT2D eigenvalue weighted by Gasteiger charge is 2.21. The Kier molecular flexibility index (Phi) is 4.21. The molecule has 0 aliphatic rings. The lowest BCUT2D eigenvalue weighted by atomic mass is 10.1. The molecule has 0 fully saturated rings. The third-order valence-corrected chi connectivity index (χ3v) is 4.74. The number of benzene rings is 1. The Bertz CT molecular complexity index is 1160. The molecule has 3 aromatic heterocycles. The fourth-order valence-corrected chi connectivity index (χ4v) is 3.52. The van der Waals surface area contributed by atoms with Crippen LogP contribution in [0.4, 0.5) is 10.2 Å². The molecule has 0 aliphatic carbocycles. The highest BCUT2D eigenvalue weighted by atomic mass is 32.1. The molecule has 0 amide bonds. The molecule has 0 N–H and O–H groups in total. The van der Waals surface area contributed by atoms with Gasteiger partial charge in [-0.1, -0.05) is 12.1 Å². The molecule has 0 saturated heterocycles. The Hall–Kier alpha value is -3.46. The van der Waals surface area contributed by atoms with E-state index in [2.05, 4.69) is 15.0 Å². The van der Waals surface area contributed by atoms with Crippen molar-refractivity contribution in [3.63, 3.8) is 0 Å². The van der Waals surface area contributed by atoms with Gasteiger partial charge in [0.25, 0.3) is 0 Å². The molecule has 0 radical (unpaired) electrons. The van der Waals surface area contributed by atoms with Gasteiger partial charge in [0.1, 0.15) is 22.7 Å². The zero-order valence-electron chi connectivity index (χ0n) is 13.9. The number of halogens is 1. The van der Waals surface area contributed by atoms with Crippen LogP contribution in [0.1, 0.15) is 5.69 Å². The summed E-state index contributed by atoms with van der Waals surface area (Å²) in [7, 11) is 0. The second-order valence-corrected chi connectivity index (χ2v) is 6.51. The number of aryl methyl sites for hydroxylation is 1. The molecule has 0 aliphatic heterocycles. The first-order chi connectivity index (χ1) is 13.0. The van der Waals surface area contributed by atoms with E-state index in [0.717, 1.165) is 11.1 Å². The van der Waals surface area contributed by atoms with Crippen LogP contribution in [0.5, 0.6) is 11.6 Å². The largest absolute Gasteiger partial charge is 0.429 e. The second-order valence-electron chi connectivity index (χ2n) is 5.65.